The van der Waals surface area contributed by atoms with Gasteiger partial charge in [-0.3, -0.25) is 0 Å². The van der Waals surface area contributed by atoms with Gasteiger partial charge < -0.3 is 5.32 Å². The Hall–Kier alpha value is -1.96. The van der Waals surface area contributed by atoms with Gasteiger partial charge in [-0.25, -0.2) is 23.1 Å². The Morgan fingerprint density at radius 1 is 1.25 bits per heavy atom. The van der Waals surface area contributed by atoms with Crippen molar-refractivity contribution in [2.24, 2.45) is 0 Å². The largest absolute Gasteiger partial charge is 0.381 e. The number of aromatic nitrogens is 4. The lowest BCUT2D eigenvalue weighted by Crippen LogP contribution is -2.32. The summed E-state index contributed by atoms with van der Waals surface area (Å²) < 4.78 is 24.3. The second kappa shape index (κ2) is 5.20. The van der Waals surface area contributed by atoms with Crippen LogP contribution in [0.4, 0.5) is 5.69 Å². The van der Waals surface area contributed by atoms with E-state index in [4.69, 9.17) is 0 Å². The number of pyridine rings is 1. The third-order valence-electron chi connectivity index (χ3n) is 3.33. The number of sulfone groups is 1. The van der Waals surface area contributed by atoms with E-state index in [1.54, 1.807) is 17.2 Å². The molecule has 1 N–H and O–H groups in total. The smallest absolute Gasteiger partial charge is 0.155 e. The third kappa shape index (κ3) is 2.96. The number of rotatable bonds is 3. The van der Waals surface area contributed by atoms with Gasteiger partial charge in [-0.15, -0.1) is 0 Å². The van der Waals surface area contributed by atoms with Crippen LogP contribution in [0.2, 0.25) is 0 Å². The van der Waals surface area contributed by atoms with E-state index in [1.807, 2.05) is 12.1 Å². The molecule has 0 aromatic carbocycles. The molecule has 0 saturated carbocycles. The van der Waals surface area contributed by atoms with Crippen LogP contribution in [0.5, 0.6) is 0 Å². The van der Waals surface area contributed by atoms with Crippen LogP contribution in [0.1, 0.15) is 12.8 Å². The Labute approximate surface area is 117 Å². The second-order valence-corrected chi connectivity index (χ2v) is 7.12. The molecule has 0 radical (unpaired) electrons. The van der Waals surface area contributed by atoms with Crippen molar-refractivity contribution in [3.63, 3.8) is 0 Å². The van der Waals surface area contributed by atoms with Gasteiger partial charge in [0.05, 0.1) is 23.4 Å². The molecule has 3 heterocycles. The molecule has 0 aliphatic carbocycles. The van der Waals surface area contributed by atoms with Crippen molar-refractivity contribution in [2.45, 2.75) is 18.9 Å². The molecule has 8 heteroatoms. The van der Waals surface area contributed by atoms with Crippen LogP contribution in [-0.4, -0.2) is 45.7 Å². The summed E-state index contributed by atoms with van der Waals surface area (Å²) in [6, 6.07) is 3.95. The van der Waals surface area contributed by atoms with Crippen molar-refractivity contribution < 1.29 is 8.42 Å². The highest BCUT2D eigenvalue weighted by molar-refractivity contribution is 7.91. The van der Waals surface area contributed by atoms with Crippen molar-refractivity contribution in [1.29, 1.82) is 0 Å². The van der Waals surface area contributed by atoms with Gasteiger partial charge in [-0.05, 0) is 25.0 Å². The lowest BCUT2D eigenvalue weighted by Gasteiger charge is -2.23. The minimum atomic E-state index is -2.82. The summed E-state index contributed by atoms with van der Waals surface area (Å²) in [5, 5.41) is 7.32. The predicted molar refractivity (Wildman–Crippen MR) is 74.5 cm³/mol. The highest BCUT2D eigenvalue weighted by Gasteiger charge is 2.23. The summed E-state index contributed by atoms with van der Waals surface area (Å²) >= 11 is 0. The van der Waals surface area contributed by atoms with E-state index in [9.17, 15) is 8.42 Å². The van der Waals surface area contributed by atoms with Crippen molar-refractivity contribution >= 4 is 15.5 Å². The predicted octanol–water partition coefficient (Wildman–Crippen LogP) is 0.651. The number of anilines is 1. The van der Waals surface area contributed by atoms with Crippen LogP contribution >= 0.6 is 0 Å². The van der Waals surface area contributed by atoms with Crippen LogP contribution in [0.15, 0.2) is 31.0 Å². The average Bonchev–Trinajstić information content (AvgIpc) is 2.96. The fourth-order valence-electron chi connectivity index (χ4n) is 2.20. The zero-order chi connectivity index (χ0) is 14.0. The Bertz CT molecular complexity index is 652. The van der Waals surface area contributed by atoms with Crippen molar-refractivity contribution in [3.8, 4) is 5.82 Å². The summed E-state index contributed by atoms with van der Waals surface area (Å²) in [6.45, 7) is 0. The van der Waals surface area contributed by atoms with Gasteiger partial charge in [0.2, 0.25) is 0 Å². The summed E-state index contributed by atoms with van der Waals surface area (Å²) in [7, 11) is -2.82. The van der Waals surface area contributed by atoms with Crippen molar-refractivity contribution in [3.05, 3.63) is 31.0 Å². The molecule has 1 fully saturated rings. The maximum Gasteiger partial charge on any atom is 0.155 e. The first-order valence-electron chi connectivity index (χ1n) is 6.40. The topological polar surface area (TPSA) is 89.8 Å². The molecule has 0 atom stereocenters. The first-order chi connectivity index (χ1) is 9.62. The van der Waals surface area contributed by atoms with Crippen LogP contribution in [0, 0.1) is 0 Å². The molecule has 20 heavy (non-hydrogen) atoms. The number of hydrogen-bond donors (Lipinski definition) is 1. The molecule has 1 aliphatic rings. The molecule has 7 nitrogen and oxygen atoms in total. The van der Waals surface area contributed by atoms with Crippen LogP contribution in [0.25, 0.3) is 5.82 Å². The Morgan fingerprint density at radius 3 is 2.65 bits per heavy atom. The van der Waals surface area contributed by atoms with Crippen molar-refractivity contribution in [2.75, 3.05) is 16.8 Å². The quantitative estimate of drug-likeness (QED) is 0.893. The lowest BCUT2D eigenvalue weighted by molar-refractivity contribution is 0.559. The molecule has 0 amide bonds. The van der Waals surface area contributed by atoms with Gasteiger partial charge in [0.15, 0.2) is 5.82 Å². The molecule has 0 spiro atoms. The highest BCUT2D eigenvalue weighted by atomic mass is 32.2. The van der Waals surface area contributed by atoms with Gasteiger partial charge in [0.25, 0.3) is 0 Å². The molecule has 2 aromatic rings. The SMILES string of the molecule is O=S1(=O)CCC(Nc2ccc(-n3cncn3)nc2)CC1. The number of hydrogen-bond acceptors (Lipinski definition) is 6. The first-order valence-corrected chi connectivity index (χ1v) is 8.22. The first kappa shape index (κ1) is 13.0. The van der Waals surface area contributed by atoms with E-state index < -0.39 is 9.84 Å². The van der Waals surface area contributed by atoms with E-state index in [2.05, 4.69) is 20.4 Å². The van der Waals surface area contributed by atoms with Gasteiger partial charge in [0.1, 0.15) is 22.5 Å². The standard InChI is InChI=1S/C12H15N5O2S/c18-20(19)5-3-10(4-6-20)16-11-1-2-12(14-7-11)17-9-13-8-15-17/h1-2,7-10,16H,3-6H2. The summed E-state index contributed by atoms with van der Waals surface area (Å²) in [5.74, 6) is 1.21. The molecule has 1 aliphatic heterocycles. The third-order valence-corrected chi connectivity index (χ3v) is 5.04. The lowest BCUT2D eigenvalue weighted by atomic mass is 10.1. The van der Waals surface area contributed by atoms with Crippen LogP contribution < -0.4 is 5.32 Å². The van der Waals surface area contributed by atoms with Crippen LogP contribution in [0.3, 0.4) is 0 Å². The number of nitrogens with zero attached hydrogens (tertiary/aromatic N) is 4. The minimum Gasteiger partial charge on any atom is -0.381 e. The molecule has 106 valence electrons. The molecule has 3 rings (SSSR count). The molecule has 2 aromatic heterocycles. The van der Waals surface area contributed by atoms with Gasteiger partial charge >= 0.3 is 0 Å². The zero-order valence-electron chi connectivity index (χ0n) is 10.8. The molecular weight excluding hydrogens is 278 g/mol. The van der Waals surface area contributed by atoms with Gasteiger partial charge in [0, 0.05) is 6.04 Å². The summed E-state index contributed by atoms with van der Waals surface area (Å²) in [6.07, 6.45) is 6.05. The Kier molecular flexibility index (Phi) is 3.39. The number of nitrogens with one attached hydrogen (secondary N) is 1. The monoisotopic (exact) mass is 293 g/mol. The Balaban J connectivity index is 1.64. The van der Waals surface area contributed by atoms with E-state index in [0.717, 1.165) is 5.69 Å². The fraction of sp³-hybridized carbons (Fsp3) is 0.417. The van der Waals surface area contributed by atoms with Gasteiger partial charge in [-0.1, -0.05) is 0 Å². The maximum absolute atomic E-state index is 11.4. The molecular formula is C12H15N5O2S. The molecule has 0 unspecified atom stereocenters. The van der Waals surface area contributed by atoms with E-state index >= 15 is 0 Å². The van der Waals surface area contributed by atoms with E-state index in [-0.39, 0.29) is 17.5 Å². The average molecular weight is 293 g/mol. The highest BCUT2D eigenvalue weighted by Crippen LogP contribution is 2.17. The second-order valence-electron chi connectivity index (χ2n) is 4.82. The van der Waals surface area contributed by atoms with Crippen LogP contribution in [-0.2, 0) is 9.84 Å². The maximum atomic E-state index is 11.4. The van der Waals surface area contributed by atoms with Gasteiger partial charge in [-0.2, -0.15) is 5.10 Å². The summed E-state index contributed by atoms with van der Waals surface area (Å²) in [5.41, 5.74) is 0.887. The van der Waals surface area contributed by atoms with E-state index in [0.29, 0.717) is 18.7 Å². The zero-order valence-corrected chi connectivity index (χ0v) is 11.6. The normalized spacial score (nSPS) is 18.8. The molecule has 0 bridgehead atoms. The van der Waals surface area contributed by atoms with E-state index in [1.165, 1.54) is 6.33 Å². The minimum absolute atomic E-state index is 0.192. The fourth-order valence-corrected chi connectivity index (χ4v) is 3.69. The summed E-state index contributed by atoms with van der Waals surface area (Å²) in [4.78, 5) is 8.16. The Morgan fingerprint density at radius 2 is 2.05 bits per heavy atom. The van der Waals surface area contributed by atoms with Crippen molar-refractivity contribution in [1.82, 2.24) is 19.7 Å². The molecule has 1 saturated heterocycles.